The number of hydrogen-bond donors (Lipinski definition) is 1. The molecule has 0 bridgehead atoms. The molecule has 0 radical (unpaired) electrons. The molecule has 1 aromatic heterocycles. The lowest BCUT2D eigenvalue weighted by atomic mass is 10.1. The van der Waals surface area contributed by atoms with Gasteiger partial charge in [-0.15, -0.1) is 0 Å². The second-order valence-corrected chi connectivity index (χ2v) is 5.23. The van der Waals surface area contributed by atoms with E-state index >= 15 is 0 Å². The molecule has 6 nitrogen and oxygen atoms in total. The second kappa shape index (κ2) is 6.45. The summed E-state index contributed by atoms with van der Waals surface area (Å²) < 4.78 is 0.568. The molecule has 1 heterocycles. The molecule has 0 aliphatic carbocycles. The summed E-state index contributed by atoms with van der Waals surface area (Å²) in [4.78, 5) is 26.4. The number of rotatable bonds is 4. The van der Waals surface area contributed by atoms with Crippen molar-refractivity contribution in [3.8, 4) is 0 Å². The minimum absolute atomic E-state index is 0.000236. The fraction of sp³-hybridized carbons (Fsp3) is 0.143. The van der Waals surface area contributed by atoms with Crippen molar-refractivity contribution in [3.63, 3.8) is 0 Å². The molecule has 1 N–H and O–H groups in total. The third kappa shape index (κ3) is 3.85. The van der Waals surface area contributed by atoms with Crippen molar-refractivity contribution < 1.29 is 9.72 Å². The standard InChI is InChI=1S/C14H12BrN3O3/c1-9(10-3-2-4-12(7-10)18(20)21)17-14(19)11-5-6-16-13(15)8-11/h2-9H,1H3,(H,17,19). The van der Waals surface area contributed by atoms with Gasteiger partial charge in [0, 0.05) is 23.9 Å². The molecular formula is C14H12BrN3O3. The van der Waals surface area contributed by atoms with Gasteiger partial charge in [0.25, 0.3) is 11.6 Å². The van der Waals surface area contributed by atoms with Crippen molar-refractivity contribution in [3.05, 3.63) is 68.4 Å². The Morgan fingerprint density at radius 2 is 2.14 bits per heavy atom. The summed E-state index contributed by atoms with van der Waals surface area (Å²) >= 11 is 3.20. The minimum atomic E-state index is -0.460. The lowest BCUT2D eigenvalue weighted by Gasteiger charge is -2.14. The van der Waals surface area contributed by atoms with Crippen molar-refractivity contribution >= 4 is 27.5 Å². The maximum atomic E-state index is 12.1. The van der Waals surface area contributed by atoms with Gasteiger partial charge in [0.15, 0.2) is 0 Å². The predicted molar refractivity (Wildman–Crippen MR) is 80.9 cm³/mol. The van der Waals surface area contributed by atoms with Gasteiger partial charge in [-0.25, -0.2) is 4.98 Å². The topological polar surface area (TPSA) is 85.1 Å². The molecular weight excluding hydrogens is 338 g/mol. The number of halogens is 1. The molecule has 21 heavy (non-hydrogen) atoms. The number of carbonyl (C=O) groups excluding carboxylic acids is 1. The zero-order chi connectivity index (χ0) is 15.4. The van der Waals surface area contributed by atoms with E-state index in [2.05, 4.69) is 26.2 Å². The summed E-state index contributed by atoms with van der Waals surface area (Å²) in [6, 6.07) is 9.06. The van der Waals surface area contributed by atoms with E-state index < -0.39 is 4.92 Å². The van der Waals surface area contributed by atoms with Gasteiger partial charge in [-0.1, -0.05) is 12.1 Å². The van der Waals surface area contributed by atoms with Crippen LogP contribution >= 0.6 is 15.9 Å². The van der Waals surface area contributed by atoms with Crippen molar-refractivity contribution in [2.45, 2.75) is 13.0 Å². The van der Waals surface area contributed by atoms with Crippen LogP contribution in [0.1, 0.15) is 28.9 Å². The number of amides is 1. The van der Waals surface area contributed by atoms with Gasteiger partial charge in [0.1, 0.15) is 4.60 Å². The number of non-ortho nitro benzene ring substituents is 1. The largest absolute Gasteiger partial charge is 0.346 e. The summed E-state index contributed by atoms with van der Waals surface area (Å²) in [7, 11) is 0. The Bertz CT molecular complexity index is 691. The quantitative estimate of drug-likeness (QED) is 0.521. The summed E-state index contributed by atoms with van der Waals surface area (Å²) in [5, 5.41) is 13.6. The minimum Gasteiger partial charge on any atom is -0.346 e. The normalized spacial score (nSPS) is 11.7. The number of nitrogens with one attached hydrogen (secondary N) is 1. The molecule has 0 saturated heterocycles. The van der Waals surface area contributed by atoms with Crippen LogP contribution in [-0.4, -0.2) is 15.8 Å². The van der Waals surface area contributed by atoms with Gasteiger partial charge in [-0.05, 0) is 40.5 Å². The number of pyridine rings is 1. The third-order valence-electron chi connectivity index (χ3n) is 2.92. The molecule has 2 aromatic rings. The Morgan fingerprint density at radius 1 is 1.38 bits per heavy atom. The molecule has 0 spiro atoms. The fourth-order valence-corrected chi connectivity index (χ4v) is 2.18. The van der Waals surface area contributed by atoms with E-state index in [-0.39, 0.29) is 17.6 Å². The predicted octanol–water partition coefficient (Wildman–Crippen LogP) is 3.24. The Kier molecular flexibility index (Phi) is 4.64. The van der Waals surface area contributed by atoms with E-state index in [0.717, 1.165) is 0 Å². The second-order valence-electron chi connectivity index (χ2n) is 4.41. The van der Waals surface area contributed by atoms with Crippen molar-refractivity contribution in [2.75, 3.05) is 0 Å². The average molecular weight is 350 g/mol. The maximum absolute atomic E-state index is 12.1. The maximum Gasteiger partial charge on any atom is 0.269 e. The molecule has 1 unspecified atom stereocenters. The number of hydrogen-bond acceptors (Lipinski definition) is 4. The molecule has 0 saturated carbocycles. The molecule has 1 amide bonds. The lowest BCUT2D eigenvalue weighted by molar-refractivity contribution is -0.384. The van der Waals surface area contributed by atoms with Gasteiger partial charge < -0.3 is 5.32 Å². The Hall–Kier alpha value is -2.28. The van der Waals surface area contributed by atoms with E-state index in [1.807, 2.05) is 0 Å². The molecule has 0 aliphatic heterocycles. The number of benzene rings is 1. The van der Waals surface area contributed by atoms with Crippen molar-refractivity contribution in [1.29, 1.82) is 0 Å². The van der Waals surface area contributed by atoms with Crippen LogP contribution < -0.4 is 5.32 Å². The molecule has 108 valence electrons. The Morgan fingerprint density at radius 3 is 2.81 bits per heavy atom. The average Bonchev–Trinajstić information content (AvgIpc) is 2.47. The first kappa shape index (κ1) is 15.1. The molecule has 7 heteroatoms. The first-order chi connectivity index (χ1) is 9.97. The van der Waals surface area contributed by atoms with Crippen LogP contribution in [0.4, 0.5) is 5.69 Å². The summed E-state index contributed by atoms with van der Waals surface area (Å²) in [6.45, 7) is 1.77. The van der Waals surface area contributed by atoms with E-state index in [0.29, 0.717) is 15.7 Å². The molecule has 2 rings (SSSR count). The number of nitrogens with zero attached hydrogens (tertiary/aromatic N) is 2. The zero-order valence-electron chi connectivity index (χ0n) is 11.1. The highest BCUT2D eigenvalue weighted by Crippen LogP contribution is 2.19. The monoisotopic (exact) mass is 349 g/mol. The van der Waals surface area contributed by atoms with Gasteiger partial charge >= 0.3 is 0 Å². The van der Waals surface area contributed by atoms with E-state index in [1.54, 1.807) is 31.2 Å². The van der Waals surface area contributed by atoms with Crippen LogP contribution in [0.25, 0.3) is 0 Å². The molecule has 1 aromatic carbocycles. The van der Waals surface area contributed by atoms with E-state index in [1.165, 1.54) is 18.3 Å². The molecule has 0 aliphatic rings. The number of nitro groups is 1. The molecule has 0 fully saturated rings. The van der Waals surface area contributed by atoms with Crippen LogP contribution in [0.15, 0.2) is 47.2 Å². The molecule has 1 atom stereocenters. The van der Waals surface area contributed by atoms with Crippen LogP contribution in [0.5, 0.6) is 0 Å². The van der Waals surface area contributed by atoms with Gasteiger partial charge in [-0.2, -0.15) is 0 Å². The van der Waals surface area contributed by atoms with Crippen LogP contribution in [-0.2, 0) is 0 Å². The summed E-state index contributed by atoms with van der Waals surface area (Å²) in [5.74, 6) is -0.267. The van der Waals surface area contributed by atoms with Gasteiger partial charge in [0.2, 0.25) is 0 Å². The highest BCUT2D eigenvalue weighted by Gasteiger charge is 2.14. The first-order valence-corrected chi connectivity index (χ1v) is 6.93. The van der Waals surface area contributed by atoms with E-state index in [4.69, 9.17) is 0 Å². The summed E-state index contributed by atoms with van der Waals surface area (Å²) in [6.07, 6.45) is 1.52. The fourth-order valence-electron chi connectivity index (χ4n) is 1.81. The highest BCUT2D eigenvalue weighted by atomic mass is 79.9. The first-order valence-electron chi connectivity index (χ1n) is 6.14. The SMILES string of the molecule is CC(NC(=O)c1ccnc(Br)c1)c1cccc([N+](=O)[O-])c1. The number of carbonyl (C=O) groups is 1. The lowest BCUT2D eigenvalue weighted by Crippen LogP contribution is -2.26. The number of aromatic nitrogens is 1. The Balaban J connectivity index is 2.14. The van der Waals surface area contributed by atoms with E-state index in [9.17, 15) is 14.9 Å². The summed E-state index contributed by atoms with van der Waals surface area (Å²) in [5.41, 5.74) is 1.14. The Labute approximate surface area is 129 Å². The highest BCUT2D eigenvalue weighted by molar-refractivity contribution is 9.10. The van der Waals surface area contributed by atoms with Crippen LogP contribution in [0.3, 0.4) is 0 Å². The zero-order valence-corrected chi connectivity index (χ0v) is 12.7. The van der Waals surface area contributed by atoms with Gasteiger partial charge in [0.05, 0.1) is 11.0 Å². The van der Waals surface area contributed by atoms with Crippen LogP contribution in [0.2, 0.25) is 0 Å². The third-order valence-corrected chi connectivity index (χ3v) is 3.35. The number of nitro benzene ring substituents is 1. The van der Waals surface area contributed by atoms with Crippen LogP contribution in [0, 0.1) is 10.1 Å². The van der Waals surface area contributed by atoms with Gasteiger partial charge in [-0.3, -0.25) is 14.9 Å². The smallest absolute Gasteiger partial charge is 0.269 e. The van der Waals surface area contributed by atoms with Crippen molar-refractivity contribution in [2.24, 2.45) is 0 Å². The van der Waals surface area contributed by atoms with Crippen molar-refractivity contribution in [1.82, 2.24) is 10.3 Å².